The minimum Gasteiger partial charge on any atom is -0.298 e. The van der Waals surface area contributed by atoms with E-state index in [2.05, 4.69) is 34.1 Å². The van der Waals surface area contributed by atoms with Gasteiger partial charge in [0.1, 0.15) is 5.78 Å². The van der Waals surface area contributed by atoms with Gasteiger partial charge in [-0.1, -0.05) is 70.5 Å². The monoisotopic (exact) mass is 288 g/mol. The summed E-state index contributed by atoms with van der Waals surface area (Å²) >= 11 is 3.20. The maximum atomic E-state index is 11.5. The van der Waals surface area contributed by atoms with E-state index in [9.17, 15) is 4.79 Å². The number of Topliss-reactive ketones (excluding diaryl/α,β-unsaturated/α-hetero) is 1. The van der Waals surface area contributed by atoms with Gasteiger partial charge in [0.15, 0.2) is 0 Å². The van der Waals surface area contributed by atoms with Crippen LogP contribution >= 0.6 is 15.9 Å². The van der Waals surface area contributed by atoms with Crippen molar-refractivity contribution in [1.29, 1.82) is 0 Å². The largest absolute Gasteiger partial charge is 0.298 e. The Morgan fingerprint density at radius 3 is 2.29 bits per heavy atom. The van der Waals surface area contributed by atoms with E-state index in [4.69, 9.17) is 0 Å². The van der Waals surface area contributed by atoms with Crippen LogP contribution in [0.25, 0.3) is 11.1 Å². The minimum absolute atomic E-state index is 0.202. The number of benzene rings is 2. The number of hydrogen-bond donors (Lipinski definition) is 0. The predicted octanol–water partition coefficient (Wildman–Crippen LogP) is 3.86. The van der Waals surface area contributed by atoms with Gasteiger partial charge in [0, 0.05) is 6.42 Å². The molecular weight excluding hydrogens is 276 g/mol. The summed E-state index contributed by atoms with van der Waals surface area (Å²) in [5, 5.41) is 0.413. The van der Waals surface area contributed by atoms with E-state index in [0.29, 0.717) is 11.8 Å². The average Bonchev–Trinajstić information content (AvgIpc) is 2.40. The summed E-state index contributed by atoms with van der Waals surface area (Å²) in [7, 11) is 0. The maximum Gasteiger partial charge on any atom is 0.147 e. The molecule has 0 spiro atoms. The smallest absolute Gasteiger partial charge is 0.147 e. The molecule has 1 nitrogen and oxygen atoms in total. The lowest BCUT2D eigenvalue weighted by Crippen LogP contribution is -2.04. The molecule has 0 aliphatic heterocycles. The molecule has 86 valence electrons. The fourth-order valence-electron chi connectivity index (χ4n) is 1.83. The van der Waals surface area contributed by atoms with E-state index >= 15 is 0 Å². The first-order valence-electron chi connectivity index (χ1n) is 5.52. The molecular formula is C15H13BrO. The lowest BCUT2D eigenvalue weighted by Gasteiger charge is -2.08. The van der Waals surface area contributed by atoms with E-state index in [1.807, 2.05) is 36.4 Å². The highest BCUT2D eigenvalue weighted by Gasteiger charge is 2.07. The van der Waals surface area contributed by atoms with Gasteiger partial charge in [-0.25, -0.2) is 0 Å². The first kappa shape index (κ1) is 12.1. The van der Waals surface area contributed by atoms with Gasteiger partial charge in [0.25, 0.3) is 0 Å². The second kappa shape index (κ2) is 5.78. The van der Waals surface area contributed by atoms with Crippen LogP contribution in [-0.2, 0) is 11.2 Å². The number of ketones is 1. The summed E-state index contributed by atoms with van der Waals surface area (Å²) < 4.78 is 0. The third kappa shape index (κ3) is 3.04. The molecule has 0 saturated carbocycles. The predicted molar refractivity (Wildman–Crippen MR) is 74.4 cm³/mol. The quantitative estimate of drug-likeness (QED) is 0.781. The van der Waals surface area contributed by atoms with Crippen LogP contribution in [0.2, 0.25) is 0 Å². The number of halogens is 1. The third-order valence-corrected chi connectivity index (χ3v) is 3.26. The van der Waals surface area contributed by atoms with Crippen molar-refractivity contribution in [1.82, 2.24) is 0 Å². The first-order chi connectivity index (χ1) is 8.31. The number of hydrogen-bond acceptors (Lipinski definition) is 1. The van der Waals surface area contributed by atoms with Gasteiger partial charge in [0.2, 0.25) is 0 Å². The second-order valence-electron chi connectivity index (χ2n) is 3.87. The van der Waals surface area contributed by atoms with Gasteiger partial charge in [-0.05, 0) is 16.7 Å². The zero-order valence-electron chi connectivity index (χ0n) is 9.40. The number of rotatable bonds is 4. The zero-order valence-corrected chi connectivity index (χ0v) is 11.0. The van der Waals surface area contributed by atoms with Crippen LogP contribution < -0.4 is 0 Å². The van der Waals surface area contributed by atoms with E-state index in [0.717, 1.165) is 16.7 Å². The summed E-state index contributed by atoms with van der Waals surface area (Å²) in [6.45, 7) is 0. The van der Waals surface area contributed by atoms with Crippen LogP contribution in [0.5, 0.6) is 0 Å². The highest BCUT2D eigenvalue weighted by molar-refractivity contribution is 9.09. The van der Waals surface area contributed by atoms with Crippen molar-refractivity contribution in [2.45, 2.75) is 6.42 Å². The van der Waals surface area contributed by atoms with Crippen molar-refractivity contribution in [2.75, 3.05) is 5.33 Å². The Labute approximate surface area is 110 Å². The molecule has 0 N–H and O–H groups in total. The Balaban J connectivity index is 2.38. The number of alkyl halides is 1. The molecule has 0 heterocycles. The number of carbonyl (C=O) groups excluding carboxylic acids is 1. The van der Waals surface area contributed by atoms with Crippen molar-refractivity contribution in [2.24, 2.45) is 0 Å². The summed E-state index contributed by atoms with van der Waals surface area (Å²) in [6, 6.07) is 18.2. The van der Waals surface area contributed by atoms with E-state index < -0.39 is 0 Å². The molecule has 0 aromatic heterocycles. The summed E-state index contributed by atoms with van der Waals surface area (Å²) in [5.74, 6) is 0.202. The van der Waals surface area contributed by atoms with Crippen molar-refractivity contribution in [3.63, 3.8) is 0 Å². The normalized spacial score (nSPS) is 10.2. The van der Waals surface area contributed by atoms with Crippen molar-refractivity contribution in [3.05, 3.63) is 60.2 Å². The van der Waals surface area contributed by atoms with Crippen molar-refractivity contribution < 1.29 is 4.79 Å². The molecule has 0 fully saturated rings. The topological polar surface area (TPSA) is 17.1 Å². The second-order valence-corrected chi connectivity index (χ2v) is 4.43. The molecule has 0 aliphatic rings. The molecule has 0 bridgehead atoms. The van der Waals surface area contributed by atoms with Gasteiger partial charge in [-0.3, -0.25) is 4.79 Å². The van der Waals surface area contributed by atoms with Crippen LogP contribution in [-0.4, -0.2) is 11.1 Å². The molecule has 0 saturated heterocycles. The molecule has 2 aromatic carbocycles. The Bertz CT molecular complexity index is 505. The van der Waals surface area contributed by atoms with Crippen molar-refractivity contribution in [3.8, 4) is 11.1 Å². The van der Waals surface area contributed by atoms with E-state index in [-0.39, 0.29) is 5.78 Å². The van der Waals surface area contributed by atoms with Crippen LogP contribution in [0.15, 0.2) is 54.6 Å². The SMILES string of the molecule is O=C(CBr)Cc1ccccc1-c1ccccc1. The molecule has 2 heteroatoms. The molecule has 2 rings (SSSR count). The zero-order chi connectivity index (χ0) is 12.1. The summed E-state index contributed by atoms with van der Waals surface area (Å²) in [4.78, 5) is 11.5. The molecule has 0 unspecified atom stereocenters. The fourth-order valence-corrected chi connectivity index (χ4v) is 2.03. The standard InChI is InChI=1S/C15H13BrO/c16-11-14(17)10-13-8-4-5-9-15(13)12-6-2-1-3-7-12/h1-9H,10-11H2. The van der Waals surface area contributed by atoms with Gasteiger partial charge in [-0.2, -0.15) is 0 Å². The Morgan fingerprint density at radius 2 is 1.59 bits per heavy atom. The minimum atomic E-state index is 0.202. The fraction of sp³-hybridized carbons (Fsp3) is 0.133. The van der Waals surface area contributed by atoms with Crippen molar-refractivity contribution >= 4 is 21.7 Å². The number of carbonyl (C=O) groups is 1. The van der Waals surface area contributed by atoms with Gasteiger partial charge in [0.05, 0.1) is 5.33 Å². The van der Waals surface area contributed by atoms with E-state index in [1.54, 1.807) is 0 Å². The Morgan fingerprint density at radius 1 is 0.941 bits per heavy atom. The van der Waals surface area contributed by atoms with Gasteiger partial charge in [-0.15, -0.1) is 0 Å². The van der Waals surface area contributed by atoms with E-state index in [1.165, 1.54) is 0 Å². The lowest BCUT2D eigenvalue weighted by molar-refractivity contribution is -0.115. The lowest BCUT2D eigenvalue weighted by atomic mass is 9.97. The molecule has 2 aromatic rings. The molecule has 0 radical (unpaired) electrons. The Kier molecular flexibility index (Phi) is 4.10. The molecule has 17 heavy (non-hydrogen) atoms. The maximum absolute atomic E-state index is 11.5. The highest BCUT2D eigenvalue weighted by atomic mass is 79.9. The van der Waals surface area contributed by atoms with Crippen LogP contribution in [0.1, 0.15) is 5.56 Å². The first-order valence-corrected chi connectivity index (χ1v) is 6.64. The highest BCUT2D eigenvalue weighted by Crippen LogP contribution is 2.23. The summed E-state index contributed by atoms with van der Waals surface area (Å²) in [6.07, 6.45) is 0.482. The Hall–Kier alpha value is -1.41. The van der Waals surface area contributed by atoms with Gasteiger partial charge >= 0.3 is 0 Å². The van der Waals surface area contributed by atoms with Crippen LogP contribution in [0.3, 0.4) is 0 Å². The molecule has 0 aliphatic carbocycles. The average molecular weight is 289 g/mol. The molecule has 0 amide bonds. The molecule has 0 atom stereocenters. The summed E-state index contributed by atoms with van der Waals surface area (Å²) in [5.41, 5.74) is 3.39. The van der Waals surface area contributed by atoms with Gasteiger partial charge < -0.3 is 0 Å². The van der Waals surface area contributed by atoms with Crippen LogP contribution in [0.4, 0.5) is 0 Å². The third-order valence-electron chi connectivity index (χ3n) is 2.64. The van der Waals surface area contributed by atoms with Crippen LogP contribution in [0, 0.1) is 0 Å².